The molecule has 0 aliphatic heterocycles. The summed E-state index contributed by atoms with van der Waals surface area (Å²) in [4.78, 5) is 3.08. The first-order valence-electron chi connectivity index (χ1n) is 3.10. The zero-order valence-corrected chi connectivity index (χ0v) is 6.23. The molecule has 13 heavy (non-hydrogen) atoms. The molecule has 0 spiro atoms. The summed E-state index contributed by atoms with van der Waals surface area (Å²) < 4.78 is 52.6. The highest BCUT2D eigenvalue weighted by molar-refractivity contribution is 5.22. The molecule has 0 aromatic carbocycles. The average Bonchev–Trinajstić information content (AvgIpc) is 2.02. The molecule has 0 fully saturated rings. The van der Waals surface area contributed by atoms with Gasteiger partial charge in [0.15, 0.2) is 5.82 Å². The lowest BCUT2D eigenvalue weighted by Crippen LogP contribution is -2.06. The molecular formula is C7H4F4NO. The van der Waals surface area contributed by atoms with Gasteiger partial charge >= 0.3 is 6.18 Å². The number of pyridine rings is 1. The van der Waals surface area contributed by atoms with Gasteiger partial charge in [0.25, 0.3) is 5.88 Å². The number of alkyl halides is 3. The van der Waals surface area contributed by atoms with Crippen LogP contribution in [0.1, 0.15) is 5.56 Å². The van der Waals surface area contributed by atoms with Gasteiger partial charge in [-0.25, -0.2) is 9.37 Å². The Morgan fingerprint density at radius 3 is 2.38 bits per heavy atom. The molecule has 1 aromatic heterocycles. The first-order chi connectivity index (χ1) is 5.95. The maximum Gasteiger partial charge on any atom is 0.417 e. The van der Waals surface area contributed by atoms with Gasteiger partial charge in [0, 0.05) is 6.20 Å². The number of hydrogen-bond donors (Lipinski definition) is 0. The number of rotatable bonds is 1. The monoisotopic (exact) mass is 194 g/mol. The van der Waals surface area contributed by atoms with Crippen LogP contribution in [0, 0.1) is 12.9 Å². The molecule has 0 saturated carbocycles. The van der Waals surface area contributed by atoms with Crippen LogP contribution in [-0.4, -0.2) is 4.98 Å². The molecule has 1 radical (unpaired) electrons. The minimum Gasteiger partial charge on any atom is -0.472 e. The van der Waals surface area contributed by atoms with E-state index < -0.39 is 23.4 Å². The van der Waals surface area contributed by atoms with Crippen LogP contribution in [0.25, 0.3) is 0 Å². The Morgan fingerprint density at radius 2 is 2.00 bits per heavy atom. The molecule has 0 atom stereocenters. The van der Waals surface area contributed by atoms with Crippen LogP contribution < -0.4 is 4.74 Å². The van der Waals surface area contributed by atoms with Gasteiger partial charge in [0.05, 0.1) is 5.56 Å². The molecule has 1 aromatic rings. The van der Waals surface area contributed by atoms with Crippen molar-refractivity contribution in [3.63, 3.8) is 0 Å². The van der Waals surface area contributed by atoms with Crippen LogP contribution in [-0.2, 0) is 6.18 Å². The lowest BCUT2D eigenvalue weighted by molar-refractivity contribution is -0.138. The summed E-state index contributed by atoms with van der Waals surface area (Å²) in [5.74, 6) is -1.75. The van der Waals surface area contributed by atoms with Crippen molar-refractivity contribution in [3.8, 4) is 5.88 Å². The van der Waals surface area contributed by atoms with Crippen molar-refractivity contribution < 1.29 is 22.3 Å². The number of halogens is 4. The normalized spacial score (nSPS) is 11.5. The number of aromatic nitrogens is 1. The maximum atomic E-state index is 12.7. The Kier molecular flexibility index (Phi) is 2.40. The smallest absolute Gasteiger partial charge is 0.417 e. The van der Waals surface area contributed by atoms with E-state index in [-0.39, 0.29) is 0 Å². The lowest BCUT2D eigenvalue weighted by Gasteiger charge is -2.06. The van der Waals surface area contributed by atoms with E-state index in [4.69, 9.17) is 0 Å². The second-order valence-electron chi connectivity index (χ2n) is 2.15. The van der Waals surface area contributed by atoms with E-state index in [2.05, 4.69) is 16.8 Å². The van der Waals surface area contributed by atoms with Crippen molar-refractivity contribution in [1.29, 1.82) is 0 Å². The van der Waals surface area contributed by atoms with Crippen molar-refractivity contribution in [1.82, 2.24) is 4.98 Å². The van der Waals surface area contributed by atoms with Crippen LogP contribution in [0.4, 0.5) is 17.6 Å². The van der Waals surface area contributed by atoms with E-state index in [1.54, 1.807) is 0 Å². The molecule has 0 amide bonds. The highest BCUT2D eigenvalue weighted by Gasteiger charge is 2.31. The van der Waals surface area contributed by atoms with Crippen LogP contribution in [0.3, 0.4) is 0 Å². The summed E-state index contributed by atoms with van der Waals surface area (Å²) in [5.41, 5.74) is -1.16. The zero-order valence-electron chi connectivity index (χ0n) is 6.23. The van der Waals surface area contributed by atoms with Gasteiger partial charge in [-0.15, -0.1) is 0 Å². The van der Waals surface area contributed by atoms with Crippen molar-refractivity contribution >= 4 is 0 Å². The van der Waals surface area contributed by atoms with Crippen LogP contribution in [0.2, 0.25) is 0 Å². The molecule has 6 heteroatoms. The molecule has 0 unspecified atom stereocenters. The minimum atomic E-state index is -4.60. The first kappa shape index (κ1) is 9.76. The van der Waals surface area contributed by atoms with Gasteiger partial charge in [-0.3, -0.25) is 0 Å². The highest BCUT2D eigenvalue weighted by atomic mass is 19.4. The van der Waals surface area contributed by atoms with Crippen LogP contribution >= 0.6 is 0 Å². The third-order valence-corrected chi connectivity index (χ3v) is 1.27. The Hall–Kier alpha value is -1.33. The van der Waals surface area contributed by atoms with Gasteiger partial charge in [0.2, 0.25) is 0 Å². The van der Waals surface area contributed by atoms with Gasteiger partial charge in [-0.05, 0) is 6.07 Å². The van der Waals surface area contributed by atoms with Crippen molar-refractivity contribution in [2.75, 3.05) is 0 Å². The molecule has 1 heterocycles. The van der Waals surface area contributed by atoms with E-state index in [9.17, 15) is 17.6 Å². The topological polar surface area (TPSA) is 22.1 Å². The summed E-state index contributed by atoms with van der Waals surface area (Å²) in [6, 6.07) is 0.299. The SMILES string of the molecule is [CH2]Oc1ncc(C(F)(F)F)cc1F. The predicted molar refractivity (Wildman–Crippen MR) is 35.2 cm³/mol. The summed E-state index contributed by atoms with van der Waals surface area (Å²) in [6.45, 7) is 0. The molecule has 0 aliphatic rings. The molecule has 0 saturated heterocycles. The molecule has 0 N–H and O–H groups in total. The second-order valence-corrected chi connectivity index (χ2v) is 2.15. The molecule has 2 nitrogen and oxygen atoms in total. The largest absolute Gasteiger partial charge is 0.472 e. The molecule has 71 valence electrons. The maximum absolute atomic E-state index is 12.7. The van der Waals surface area contributed by atoms with E-state index in [0.717, 1.165) is 0 Å². The number of hydrogen-bond acceptors (Lipinski definition) is 2. The van der Waals surface area contributed by atoms with Crippen molar-refractivity contribution in [3.05, 3.63) is 30.8 Å². The van der Waals surface area contributed by atoms with Gasteiger partial charge in [-0.1, -0.05) is 0 Å². The Balaban J connectivity index is 3.10. The quantitative estimate of drug-likeness (QED) is 0.640. The van der Waals surface area contributed by atoms with E-state index in [1.807, 2.05) is 0 Å². The van der Waals surface area contributed by atoms with Crippen LogP contribution in [0.5, 0.6) is 5.88 Å². The van der Waals surface area contributed by atoms with Crippen LogP contribution in [0.15, 0.2) is 12.3 Å². The van der Waals surface area contributed by atoms with Gasteiger partial charge < -0.3 is 4.74 Å². The standard InChI is InChI=1S/C7H4F4NO/c1-13-6-5(8)2-4(3-12-6)7(9,10)11/h2-3H,1H2. The third-order valence-electron chi connectivity index (χ3n) is 1.27. The van der Waals surface area contributed by atoms with Gasteiger partial charge in [-0.2, -0.15) is 13.2 Å². The highest BCUT2D eigenvalue weighted by Crippen LogP contribution is 2.30. The Bertz CT molecular complexity index is 310. The second kappa shape index (κ2) is 3.20. The first-order valence-corrected chi connectivity index (χ1v) is 3.10. The summed E-state index contributed by atoms with van der Waals surface area (Å²) in [6.07, 6.45) is -4.13. The fraction of sp³-hybridized carbons (Fsp3) is 0.143. The molecule has 0 aliphatic carbocycles. The van der Waals surface area contributed by atoms with E-state index in [0.29, 0.717) is 12.3 Å². The van der Waals surface area contributed by atoms with Crippen molar-refractivity contribution in [2.45, 2.75) is 6.18 Å². The fourth-order valence-electron chi connectivity index (χ4n) is 0.687. The average molecular weight is 194 g/mol. The van der Waals surface area contributed by atoms with E-state index in [1.165, 1.54) is 0 Å². The third kappa shape index (κ3) is 2.07. The minimum absolute atomic E-state index is 0.299. The zero-order chi connectivity index (χ0) is 10.1. The summed E-state index contributed by atoms with van der Waals surface area (Å²) in [5, 5.41) is 0. The predicted octanol–water partition coefficient (Wildman–Crippen LogP) is 2.41. The lowest BCUT2D eigenvalue weighted by atomic mass is 10.3. The summed E-state index contributed by atoms with van der Waals surface area (Å²) in [7, 11) is 2.82. The van der Waals surface area contributed by atoms with Crippen molar-refractivity contribution in [2.24, 2.45) is 0 Å². The molecule has 1 rings (SSSR count). The van der Waals surface area contributed by atoms with E-state index >= 15 is 0 Å². The molecular weight excluding hydrogens is 190 g/mol. The Labute approximate surface area is 71.2 Å². The fourth-order valence-corrected chi connectivity index (χ4v) is 0.687. The van der Waals surface area contributed by atoms with Gasteiger partial charge in [0.1, 0.15) is 7.11 Å². The number of ether oxygens (including phenoxy) is 1. The Morgan fingerprint density at radius 1 is 1.38 bits per heavy atom. The molecule has 0 bridgehead atoms. The summed E-state index contributed by atoms with van der Waals surface area (Å²) >= 11 is 0. The number of nitrogens with zero attached hydrogens (tertiary/aromatic N) is 1.